The molecule has 3 nitrogen and oxygen atoms in total. The second-order valence-corrected chi connectivity index (χ2v) is 6.82. The molecule has 1 aromatic carbocycles. The molecule has 112 valence electrons. The van der Waals surface area contributed by atoms with E-state index in [9.17, 15) is 4.79 Å². The number of fused-ring (bicyclic) bond motifs is 1. The minimum absolute atomic E-state index is 0.185. The summed E-state index contributed by atoms with van der Waals surface area (Å²) in [6.07, 6.45) is 6.74. The standard InChI is InChI=1S/C18H24N2O/c21-18(15-11-13-5-1-2-6-14(13)12-15)20-10-4-8-17(20)16-7-3-9-19-16/h1-2,5-6,15-17,19H,3-4,7-12H2. The topological polar surface area (TPSA) is 32.3 Å². The number of hydrogen-bond donors (Lipinski definition) is 1. The summed E-state index contributed by atoms with van der Waals surface area (Å²) in [5.74, 6) is 0.590. The quantitative estimate of drug-likeness (QED) is 0.902. The minimum Gasteiger partial charge on any atom is -0.338 e. The Bertz CT molecular complexity index is 511. The normalized spacial score (nSPS) is 29.0. The lowest BCUT2D eigenvalue weighted by Gasteiger charge is -2.31. The van der Waals surface area contributed by atoms with Gasteiger partial charge in [-0.2, -0.15) is 0 Å². The molecule has 0 aromatic heterocycles. The fraction of sp³-hybridized carbons (Fsp3) is 0.611. The number of nitrogens with zero attached hydrogens (tertiary/aromatic N) is 1. The van der Waals surface area contributed by atoms with E-state index in [1.807, 2.05) is 0 Å². The average Bonchev–Trinajstić information content (AvgIpc) is 3.23. The van der Waals surface area contributed by atoms with Crippen LogP contribution in [-0.2, 0) is 17.6 Å². The predicted molar refractivity (Wildman–Crippen MR) is 83.1 cm³/mol. The summed E-state index contributed by atoms with van der Waals surface area (Å²) in [5.41, 5.74) is 2.76. The molecule has 2 aliphatic heterocycles. The van der Waals surface area contributed by atoms with Crippen LogP contribution in [0.3, 0.4) is 0 Å². The number of carbonyl (C=O) groups is 1. The Morgan fingerprint density at radius 2 is 1.86 bits per heavy atom. The number of amides is 1. The molecule has 1 amide bonds. The average molecular weight is 284 g/mol. The first-order valence-corrected chi connectivity index (χ1v) is 8.43. The van der Waals surface area contributed by atoms with Crippen LogP contribution in [0, 0.1) is 5.92 Å². The molecule has 1 aromatic rings. The van der Waals surface area contributed by atoms with Crippen molar-refractivity contribution in [2.75, 3.05) is 13.1 Å². The second-order valence-electron chi connectivity index (χ2n) is 6.82. The van der Waals surface area contributed by atoms with Crippen LogP contribution in [0.15, 0.2) is 24.3 Å². The molecule has 1 N–H and O–H groups in total. The maximum absolute atomic E-state index is 13.0. The van der Waals surface area contributed by atoms with Gasteiger partial charge in [0.15, 0.2) is 0 Å². The van der Waals surface area contributed by atoms with Gasteiger partial charge in [-0.05, 0) is 56.2 Å². The molecule has 2 heterocycles. The van der Waals surface area contributed by atoms with Gasteiger partial charge < -0.3 is 10.2 Å². The smallest absolute Gasteiger partial charge is 0.226 e. The van der Waals surface area contributed by atoms with Gasteiger partial charge in [-0.1, -0.05) is 24.3 Å². The Balaban J connectivity index is 1.47. The maximum Gasteiger partial charge on any atom is 0.226 e. The number of likely N-dealkylation sites (tertiary alicyclic amines) is 1. The molecule has 3 aliphatic rings. The van der Waals surface area contributed by atoms with Gasteiger partial charge in [0.1, 0.15) is 0 Å². The van der Waals surface area contributed by atoms with Crippen molar-refractivity contribution >= 4 is 5.91 Å². The molecule has 2 atom stereocenters. The van der Waals surface area contributed by atoms with Gasteiger partial charge in [0.05, 0.1) is 0 Å². The van der Waals surface area contributed by atoms with E-state index in [0.29, 0.717) is 18.0 Å². The molecule has 0 bridgehead atoms. The van der Waals surface area contributed by atoms with Crippen molar-refractivity contribution < 1.29 is 4.79 Å². The number of rotatable bonds is 2. The highest BCUT2D eigenvalue weighted by molar-refractivity contribution is 5.81. The maximum atomic E-state index is 13.0. The number of hydrogen-bond acceptors (Lipinski definition) is 2. The third-order valence-electron chi connectivity index (χ3n) is 5.55. The summed E-state index contributed by atoms with van der Waals surface area (Å²) in [7, 11) is 0. The first-order chi connectivity index (χ1) is 10.3. The van der Waals surface area contributed by atoms with E-state index >= 15 is 0 Å². The van der Waals surface area contributed by atoms with E-state index in [0.717, 1.165) is 25.9 Å². The van der Waals surface area contributed by atoms with Crippen LogP contribution in [0.4, 0.5) is 0 Å². The zero-order chi connectivity index (χ0) is 14.2. The number of carbonyl (C=O) groups excluding carboxylic acids is 1. The highest BCUT2D eigenvalue weighted by Gasteiger charge is 2.39. The second kappa shape index (κ2) is 5.45. The van der Waals surface area contributed by atoms with Gasteiger partial charge in [-0.3, -0.25) is 4.79 Å². The van der Waals surface area contributed by atoms with Crippen LogP contribution < -0.4 is 5.32 Å². The van der Waals surface area contributed by atoms with Crippen molar-refractivity contribution in [1.29, 1.82) is 0 Å². The zero-order valence-corrected chi connectivity index (χ0v) is 12.6. The Morgan fingerprint density at radius 3 is 2.52 bits per heavy atom. The molecule has 0 radical (unpaired) electrons. The van der Waals surface area contributed by atoms with E-state index in [1.165, 1.54) is 36.8 Å². The molecule has 1 aliphatic carbocycles. The first-order valence-electron chi connectivity index (χ1n) is 8.43. The van der Waals surface area contributed by atoms with Crippen LogP contribution in [0.25, 0.3) is 0 Å². The summed E-state index contributed by atoms with van der Waals surface area (Å²) in [4.78, 5) is 15.2. The van der Waals surface area contributed by atoms with Crippen molar-refractivity contribution in [2.45, 2.75) is 50.6 Å². The summed E-state index contributed by atoms with van der Waals surface area (Å²) in [6, 6.07) is 9.54. The fourth-order valence-electron chi connectivity index (χ4n) is 4.49. The van der Waals surface area contributed by atoms with Crippen molar-refractivity contribution in [3.63, 3.8) is 0 Å². The van der Waals surface area contributed by atoms with Crippen molar-refractivity contribution in [3.05, 3.63) is 35.4 Å². The van der Waals surface area contributed by atoms with Crippen molar-refractivity contribution in [3.8, 4) is 0 Å². The van der Waals surface area contributed by atoms with Crippen molar-refractivity contribution in [1.82, 2.24) is 10.2 Å². The monoisotopic (exact) mass is 284 g/mol. The number of nitrogens with one attached hydrogen (secondary N) is 1. The Morgan fingerprint density at radius 1 is 1.10 bits per heavy atom. The lowest BCUT2D eigenvalue weighted by Crippen LogP contribution is -2.48. The third-order valence-corrected chi connectivity index (χ3v) is 5.55. The van der Waals surface area contributed by atoms with Crippen molar-refractivity contribution in [2.24, 2.45) is 5.92 Å². The molecular weight excluding hydrogens is 260 g/mol. The van der Waals surface area contributed by atoms with E-state index < -0.39 is 0 Å². The molecule has 3 heteroatoms. The molecule has 21 heavy (non-hydrogen) atoms. The molecule has 0 saturated carbocycles. The van der Waals surface area contributed by atoms with Crippen LogP contribution in [0.2, 0.25) is 0 Å². The lowest BCUT2D eigenvalue weighted by atomic mass is 10.0. The molecular formula is C18H24N2O. The lowest BCUT2D eigenvalue weighted by molar-refractivity contribution is -0.136. The molecule has 2 unspecified atom stereocenters. The van der Waals surface area contributed by atoms with Crippen LogP contribution in [0.5, 0.6) is 0 Å². The first kappa shape index (κ1) is 13.3. The molecule has 0 spiro atoms. The van der Waals surface area contributed by atoms with Gasteiger partial charge >= 0.3 is 0 Å². The number of benzene rings is 1. The van der Waals surface area contributed by atoms with Crippen LogP contribution in [0.1, 0.15) is 36.8 Å². The Labute approximate surface area is 126 Å². The van der Waals surface area contributed by atoms with Gasteiger partial charge in [0.25, 0.3) is 0 Å². The molecule has 2 fully saturated rings. The fourth-order valence-corrected chi connectivity index (χ4v) is 4.49. The Kier molecular flexibility index (Phi) is 3.46. The summed E-state index contributed by atoms with van der Waals surface area (Å²) in [5, 5.41) is 3.60. The van der Waals surface area contributed by atoms with E-state index in [-0.39, 0.29) is 5.92 Å². The summed E-state index contributed by atoms with van der Waals surface area (Å²) >= 11 is 0. The predicted octanol–water partition coefficient (Wildman–Crippen LogP) is 2.14. The summed E-state index contributed by atoms with van der Waals surface area (Å²) in [6.45, 7) is 2.09. The molecule has 2 saturated heterocycles. The van der Waals surface area contributed by atoms with Gasteiger partial charge in [-0.15, -0.1) is 0 Å². The van der Waals surface area contributed by atoms with Crippen LogP contribution >= 0.6 is 0 Å². The summed E-state index contributed by atoms with van der Waals surface area (Å²) < 4.78 is 0. The highest BCUT2D eigenvalue weighted by Crippen LogP contribution is 2.32. The molecule has 4 rings (SSSR count). The van der Waals surface area contributed by atoms with E-state index in [4.69, 9.17) is 0 Å². The third kappa shape index (κ3) is 2.38. The zero-order valence-electron chi connectivity index (χ0n) is 12.6. The highest BCUT2D eigenvalue weighted by atomic mass is 16.2. The van der Waals surface area contributed by atoms with Gasteiger partial charge in [-0.25, -0.2) is 0 Å². The van der Waals surface area contributed by atoms with E-state index in [1.54, 1.807) is 0 Å². The van der Waals surface area contributed by atoms with Crippen LogP contribution in [-0.4, -0.2) is 36.0 Å². The van der Waals surface area contributed by atoms with Gasteiger partial charge in [0, 0.05) is 24.5 Å². The van der Waals surface area contributed by atoms with Gasteiger partial charge in [0.2, 0.25) is 5.91 Å². The SMILES string of the molecule is O=C(C1Cc2ccccc2C1)N1CCCC1C1CCCN1. The minimum atomic E-state index is 0.185. The largest absolute Gasteiger partial charge is 0.338 e. The van der Waals surface area contributed by atoms with E-state index in [2.05, 4.69) is 34.5 Å². The Hall–Kier alpha value is -1.35.